The van der Waals surface area contributed by atoms with Gasteiger partial charge in [0.1, 0.15) is 5.75 Å². The Kier molecular flexibility index (Phi) is 8.25. The van der Waals surface area contributed by atoms with Crippen molar-refractivity contribution in [3.63, 3.8) is 0 Å². The number of ether oxygens (including phenoxy) is 1. The van der Waals surface area contributed by atoms with Gasteiger partial charge in [-0.2, -0.15) is 14.8 Å². The van der Waals surface area contributed by atoms with E-state index in [1.165, 1.54) is 11.0 Å². The lowest BCUT2D eigenvalue weighted by atomic mass is 9.96. The predicted molar refractivity (Wildman–Crippen MR) is 102 cm³/mol. The monoisotopic (exact) mass is 458 g/mol. The van der Waals surface area contributed by atoms with Gasteiger partial charge in [-0.15, -0.1) is 13.2 Å². The van der Waals surface area contributed by atoms with E-state index in [4.69, 9.17) is 10.5 Å². The molecule has 0 aromatic heterocycles. The molecule has 0 spiro atoms. The van der Waals surface area contributed by atoms with E-state index < -0.39 is 28.1 Å². The minimum atomic E-state index is -4.94. The number of amides is 1. The smallest absolute Gasteiger partial charge is 0.406 e. The van der Waals surface area contributed by atoms with Gasteiger partial charge in [0.15, 0.2) is 0 Å². The largest absolute Gasteiger partial charge is 0.573 e. The van der Waals surface area contributed by atoms with Crippen molar-refractivity contribution in [1.82, 2.24) is 9.21 Å². The molecule has 0 bridgehead atoms. The van der Waals surface area contributed by atoms with Gasteiger partial charge >= 0.3 is 6.36 Å². The summed E-state index contributed by atoms with van der Waals surface area (Å²) in [5.74, 6) is -1.32. The Hall–Kier alpha value is -2.83. The average Bonchev–Trinajstić information content (AvgIpc) is 2.72. The number of carbonyl (C=O) groups excluding carboxylic acids is 1. The molecule has 12 heteroatoms. The topological polar surface area (TPSA) is 114 Å². The standard InChI is InChI=1S/C19H21F3N4O4S/c20-19(21,22)30-16-4-1-5-17(14-16)31(28,29)26-12-6-15(7-13-26)18(27)25(10-2-8-23)11-3-9-24/h1,4-5,14-15H,2-3,6-7,10-13H2. The normalized spacial score (nSPS) is 15.6. The highest BCUT2D eigenvalue weighted by Crippen LogP contribution is 2.29. The number of benzene rings is 1. The third-order valence-electron chi connectivity index (χ3n) is 4.78. The van der Waals surface area contributed by atoms with E-state index in [-0.39, 0.29) is 62.7 Å². The second-order valence-corrected chi connectivity index (χ2v) is 8.78. The van der Waals surface area contributed by atoms with Crippen LogP contribution in [0.5, 0.6) is 5.75 Å². The van der Waals surface area contributed by atoms with Crippen LogP contribution in [-0.4, -0.2) is 56.1 Å². The van der Waals surface area contributed by atoms with Crippen LogP contribution < -0.4 is 4.74 Å². The molecule has 1 heterocycles. The molecule has 0 unspecified atom stereocenters. The van der Waals surface area contributed by atoms with Gasteiger partial charge in [-0.05, 0) is 25.0 Å². The predicted octanol–water partition coefficient (Wildman–Crippen LogP) is 2.64. The number of rotatable bonds is 8. The summed E-state index contributed by atoms with van der Waals surface area (Å²) in [5.41, 5.74) is 0. The molecule has 0 aliphatic carbocycles. The summed E-state index contributed by atoms with van der Waals surface area (Å²) in [6.07, 6.45) is -4.23. The lowest BCUT2D eigenvalue weighted by Gasteiger charge is -2.33. The summed E-state index contributed by atoms with van der Waals surface area (Å²) in [5, 5.41) is 17.5. The van der Waals surface area contributed by atoms with Crippen LogP contribution in [0.25, 0.3) is 0 Å². The Morgan fingerprint density at radius 1 is 1.16 bits per heavy atom. The summed E-state index contributed by atoms with van der Waals surface area (Å²) in [6.45, 7) is 0.434. The minimum Gasteiger partial charge on any atom is -0.406 e. The highest BCUT2D eigenvalue weighted by Gasteiger charge is 2.35. The molecule has 0 radical (unpaired) electrons. The van der Waals surface area contributed by atoms with Crippen LogP contribution in [0, 0.1) is 28.6 Å². The SMILES string of the molecule is N#CCCN(CCC#N)C(=O)C1CCN(S(=O)(=O)c2cccc(OC(F)(F)F)c2)CC1. The molecule has 1 saturated heterocycles. The molecule has 1 aromatic carbocycles. The molecule has 8 nitrogen and oxygen atoms in total. The van der Waals surface area contributed by atoms with E-state index in [0.29, 0.717) is 0 Å². The number of halogens is 3. The number of nitriles is 2. The molecule has 31 heavy (non-hydrogen) atoms. The summed E-state index contributed by atoms with van der Waals surface area (Å²) in [4.78, 5) is 13.8. The minimum absolute atomic E-state index is 0.0213. The zero-order chi connectivity index (χ0) is 23.1. The maximum atomic E-state index is 12.8. The quantitative estimate of drug-likeness (QED) is 0.592. The molecule has 168 valence electrons. The Labute approximate surface area is 178 Å². The molecule has 1 amide bonds. The van der Waals surface area contributed by atoms with Crippen LogP contribution in [-0.2, 0) is 14.8 Å². The molecule has 0 N–H and O–H groups in total. The first kappa shape index (κ1) is 24.4. The number of hydrogen-bond donors (Lipinski definition) is 0. The lowest BCUT2D eigenvalue weighted by molar-refractivity contribution is -0.274. The van der Waals surface area contributed by atoms with Crippen molar-refractivity contribution in [3.05, 3.63) is 24.3 Å². The molecule has 1 aromatic rings. The third kappa shape index (κ3) is 6.84. The maximum Gasteiger partial charge on any atom is 0.573 e. The van der Waals surface area contributed by atoms with Gasteiger partial charge in [-0.25, -0.2) is 8.42 Å². The van der Waals surface area contributed by atoms with Gasteiger partial charge in [-0.3, -0.25) is 4.79 Å². The van der Waals surface area contributed by atoms with E-state index in [9.17, 15) is 26.4 Å². The number of carbonyl (C=O) groups is 1. The molecule has 1 aliphatic heterocycles. The molecule has 1 aliphatic rings. The van der Waals surface area contributed by atoms with Crippen LogP contribution in [0.3, 0.4) is 0 Å². The Morgan fingerprint density at radius 3 is 2.26 bits per heavy atom. The molecular weight excluding hydrogens is 437 g/mol. The van der Waals surface area contributed by atoms with E-state index in [2.05, 4.69) is 4.74 Å². The summed E-state index contributed by atoms with van der Waals surface area (Å²) >= 11 is 0. The van der Waals surface area contributed by atoms with Gasteiger partial charge in [-0.1, -0.05) is 6.07 Å². The van der Waals surface area contributed by atoms with Crippen molar-refractivity contribution >= 4 is 15.9 Å². The van der Waals surface area contributed by atoms with E-state index in [1.807, 2.05) is 12.1 Å². The second-order valence-electron chi connectivity index (χ2n) is 6.84. The number of sulfonamides is 1. The molecule has 0 atom stereocenters. The molecular formula is C19H21F3N4O4S. The summed E-state index contributed by atoms with van der Waals surface area (Å²) in [6, 6.07) is 8.06. The zero-order valence-corrected chi connectivity index (χ0v) is 17.3. The average molecular weight is 458 g/mol. The van der Waals surface area contributed by atoms with Crippen LogP contribution in [0.2, 0.25) is 0 Å². The van der Waals surface area contributed by atoms with Gasteiger partial charge < -0.3 is 9.64 Å². The van der Waals surface area contributed by atoms with Crippen molar-refractivity contribution in [2.45, 2.75) is 36.9 Å². The Balaban J connectivity index is 2.06. The van der Waals surface area contributed by atoms with Crippen molar-refractivity contribution in [3.8, 4) is 17.9 Å². The fraction of sp³-hybridized carbons (Fsp3) is 0.526. The van der Waals surface area contributed by atoms with E-state index in [1.54, 1.807) is 0 Å². The van der Waals surface area contributed by atoms with Crippen molar-refractivity contribution in [2.24, 2.45) is 5.92 Å². The molecule has 2 rings (SSSR count). The summed E-state index contributed by atoms with van der Waals surface area (Å²) < 4.78 is 67.8. The first-order valence-corrected chi connectivity index (χ1v) is 10.9. The van der Waals surface area contributed by atoms with Gasteiger partial charge in [0.05, 0.1) is 29.9 Å². The first-order valence-electron chi connectivity index (χ1n) is 9.47. The number of hydrogen-bond acceptors (Lipinski definition) is 6. The van der Waals surface area contributed by atoms with Crippen LogP contribution >= 0.6 is 0 Å². The number of piperidine rings is 1. The van der Waals surface area contributed by atoms with Crippen LogP contribution in [0.1, 0.15) is 25.7 Å². The first-order chi connectivity index (χ1) is 14.6. The highest BCUT2D eigenvalue weighted by atomic mass is 32.2. The third-order valence-corrected chi connectivity index (χ3v) is 6.67. The molecule has 0 saturated carbocycles. The molecule has 1 fully saturated rings. The van der Waals surface area contributed by atoms with Gasteiger partial charge in [0.2, 0.25) is 15.9 Å². The van der Waals surface area contributed by atoms with E-state index in [0.717, 1.165) is 22.5 Å². The fourth-order valence-electron chi connectivity index (χ4n) is 3.28. The lowest BCUT2D eigenvalue weighted by Crippen LogP contribution is -2.44. The van der Waals surface area contributed by atoms with Crippen LogP contribution in [0.4, 0.5) is 13.2 Å². The summed E-state index contributed by atoms with van der Waals surface area (Å²) in [7, 11) is -4.06. The van der Waals surface area contributed by atoms with Crippen molar-refractivity contribution in [2.75, 3.05) is 26.2 Å². The van der Waals surface area contributed by atoms with Gasteiger partial charge in [0, 0.05) is 38.2 Å². The Morgan fingerprint density at radius 2 is 1.74 bits per heavy atom. The van der Waals surface area contributed by atoms with Crippen LogP contribution in [0.15, 0.2) is 29.2 Å². The number of nitrogens with zero attached hydrogens (tertiary/aromatic N) is 4. The van der Waals surface area contributed by atoms with E-state index >= 15 is 0 Å². The fourth-order valence-corrected chi connectivity index (χ4v) is 4.79. The Bertz CT molecular complexity index is 944. The second kappa shape index (κ2) is 10.5. The maximum absolute atomic E-state index is 12.8. The van der Waals surface area contributed by atoms with Crippen molar-refractivity contribution in [1.29, 1.82) is 10.5 Å². The van der Waals surface area contributed by atoms with Crippen molar-refractivity contribution < 1.29 is 31.1 Å². The highest BCUT2D eigenvalue weighted by molar-refractivity contribution is 7.89. The van der Waals surface area contributed by atoms with Gasteiger partial charge in [0.25, 0.3) is 0 Å². The zero-order valence-electron chi connectivity index (χ0n) is 16.5. The number of alkyl halides is 3.